The van der Waals surface area contributed by atoms with Crippen LogP contribution in [0.1, 0.15) is 37.2 Å². The van der Waals surface area contributed by atoms with E-state index in [9.17, 15) is 9.90 Å². The molecule has 0 aliphatic rings. The molecule has 3 rings (SSSR count). The number of carboxylic acids is 1. The average molecular weight is 377 g/mol. The van der Waals surface area contributed by atoms with Crippen LogP contribution in [0.15, 0.2) is 54.6 Å². The van der Waals surface area contributed by atoms with Crippen molar-refractivity contribution >= 4 is 40.5 Å². The molecule has 0 bridgehead atoms. The van der Waals surface area contributed by atoms with Crippen molar-refractivity contribution in [1.29, 1.82) is 0 Å². The smallest absolute Gasteiger partial charge is 0.346 e. The van der Waals surface area contributed by atoms with Gasteiger partial charge in [-0.1, -0.05) is 47.5 Å². The van der Waals surface area contributed by atoms with Crippen LogP contribution < -0.4 is 0 Å². The lowest BCUT2D eigenvalue weighted by Crippen LogP contribution is -2.01. The average Bonchev–Trinajstić information content (AvgIpc) is 2.93. The van der Waals surface area contributed by atoms with Gasteiger partial charge in [0.2, 0.25) is 0 Å². The zero-order valence-electron chi connectivity index (χ0n) is 12.8. The van der Waals surface area contributed by atoms with Crippen molar-refractivity contribution in [2.45, 2.75) is 12.8 Å². The number of rotatable bonds is 4. The molecule has 0 aliphatic heterocycles. The van der Waals surface area contributed by atoms with Crippen LogP contribution in [-0.2, 0) is 0 Å². The fourth-order valence-corrected chi connectivity index (χ4v) is 4.11. The van der Waals surface area contributed by atoms with E-state index in [1.54, 1.807) is 0 Å². The Morgan fingerprint density at radius 3 is 1.79 bits per heavy atom. The summed E-state index contributed by atoms with van der Waals surface area (Å²) in [5.74, 6) is -0.953. The van der Waals surface area contributed by atoms with Crippen LogP contribution in [0, 0.1) is 6.92 Å². The van der Waals surface area contributed by atoms with Crippen molar-refractivity contribution in [2.75, 3.05) is 0 Å². The van der Waals surface area contributed by atoms with Gasteiger partial charge in [-0.15, -0.1) is 11.3 Å². The van der Waals surface area contributed by atoms with Crippen LogP contribution in [0.2, 0.25) is 10.0 Å². The van der Waals surface area contributed by atoms with Gasteiger partial charge in [-0.25, -0.2) is 4.79 Å². The van der Waals surface area contributed by atoms with Gasteiger partial charge >= 0.3 is 5.97 Å². The summed E-state index contributed by atoms with van der Waals surface area (Å²) in [4.78, 5) is 12.7. The first-order valence-electron chi connectivity index (χ1n) is 7.30. The second-order valence-corrected chi connectivity index (χ2v) is 7.46. The maximum absolute atomic E-state index is 11.4. The molecule has 0 saturated carbocycles. The van der Waals surface area contributed by atoms with E-state index in [0.717, 1.165) is 21.6 Å². The third-order valence-corrected chi connectivity index (χ3v) is 5.62. The molecule has 5 heteroatoms. The molecular weight excluding hydrogens is 363 g/mol. The Morgan fingerprint density at radius 1 is 0.958 bits per heavy atom. The van der Waals surface area contributed by atoms with E-state index < -0.39 is 5.97 Å². The highest BCUT2D eigenvalue weighted by Crippen LogP contribution is 2.38. The minimum absolute atomic E-state index is 0.0590. The summed E-state index contributed by atoms with van der Waals surface area (Å²) >= 11 is 13.3. The minimum Gasteiger partial charge on any atom is -0.477 e. The Kier molecular flexibility index (Phi) is 4.95. The molecule has 0 radical (unpaired) electrons. The molecule has 0 spiro atoms. The number of carboxylic acid groups (broad SMARTS) is 1. The molecule has 1 aromatic heterocycles. The van der Waals surface area contributed by atoms with Crippen molar-refractivity contribution in [3.8, 4) is 0 Å². The van der Waals surface area contributed by atoms with Crippen molar-refractivity contribution in [3.05, 3.63) is 91.1 Å². The first-order chi connectivity index (χ1) is 11.5. The fraction of sp³-hybridized carbons (Fsp3) is 0.105. The van der Waals surface area contributed by atoms with Crippen LogP contribution in [0.4, 0.5) is 0 Å². The van der Waals surface area contributed by atoms with E-state index in [1.165, 1.54) is 11.3 Å². The lowest BCUT2D eigenvalue weighted by atomic mass is 9.90. The molecular formula is C19H14Cl2O2S. The molecule has 3 aromatic rings. The summed E-state index contributed by atoms with van der Waals surface area (Å²) in [6, 6.07) is 17.2. The second kappa shape index (κ2) is 6.98. The van der Waals surface area contributed by atoms with Gasteiger partial charge in [0.15, 0.2) is 0 Å². The molecule has 0 saturated heterocycles. The molecule has 1 heterocycles. The van der Waals surface area contributed by atoms with Gasteiger partial charge in [-0.05, 0) is 53.9 Å². The summed E-state index contributed by atoms with van der Waals surface area (Å²) in [6.07, 6.45) is 0. The normalized spacial score (nSPS) is 11.0. The third-order valence-electron chi connectivity index (χ3n) is 3.82. The van der Waals surface area contributed by atoms with Crippen LogP contribution in [0.3, 0.4) is 0 Å². The van der Waals surface area contributed by atoms with E-state index in [2.05, 4.69) is 0 Å². The maximum Gasteiger partial charge on any atom is 0.346 e. The number of halogens is 2. The zero-order valence-corrected chi connectivity index (χ0v) is 15.1. The number of benzene rings is 2. The molecule has 24 heavy (non-hydrogen) atoms. The van der Waals surface area contributed by atoms with Crippen LogP contribution in [0.25, 0.3) is 0 Å². The van der Waals surface area contributed by atoms with Gasteiger partial charge in [-0.2, -0.15) is 0 Å². The van der Waals surface area contributed by atoms with E-state index in [-0.39, 0.29) is 5.92 Å². The quantitative estimate of drug-likeness (QED) is 0.584. The zero-order chi connectivity index (χ0) is 17.3. The number of thiophene rings is 1. The minimum atomic E-state index is -0.894. The van der Waals surface area contributed by atoms with Crippen molar-refractivity contribution in [2.24, 2.45) is 0 Å². The van der Waals surface area contributed by atoms with Crippen LogP contribution >= 0.6 is 34.5 Å². The highest BCUT2D eigenvalue weighted by Gasteiger charge is 2.22. The number of aromatic carboxylic acids is 1. The monoisotopic (exact) mass is 376 g/mol. The molecule has 122 valence electrons. The summed E-state index contributed by atoms with van der Waals surface area (Å²) in [6.45, 7) is 1.82. The van der Waals surface area contributed by atoms with Gasteiger partial charge in [0.05, 0.1) is 0 Å². The number of carbonyl (C=O) groups is 1. The molecule has 0 amide bonds. The van der Waals surface area contributed by atoms with Gasteiger partial charge in [0.1, 0.15) is 4.88 Å². The van der Waals surface area contributed by atoms with Crippen molar-refractivity contribution in [3.63, 3.8) is 0 Å². The SMILES string of the molecule is Cc1cc(C(c2ccc(Cl)cc2)c2ccc(Cl)cc2)sc1C(=O)O. The van der Waals surface area contributed by atoms with Crippen molar-refractivity contribution < 1.29 is 9.90 Å². The van der Waals surface area contributed by atoms with Gasteiger partial charge in [0.25, 0.3) is 0 Å². The molecule has 0 aliphatic carbocycles. The Labute approximate surface area is 154 Å². The van der Waals surface area contributed by atoms with E-state index in [0.29, 0.717) is 14.9 Å². The highest BCUT2D eigenvalue weighted by molar-refractivity contribution is 7.14. The highest BCUT2D eigenvalue weighted by atomic mass is 35.5. The third kappa shape index (κ3) is 3.48. The standard InChI is InChI=1S/C19H14Cl2O2S/c1-11-10-16(24-18(11)19(22)23)17(12-2-6-14(20)7-3-12)13-4-8-15(21)9-5-13/h2-10,17H,1H3,(H,22,23). The summed E-state index contributed by atoms with van der Waals surface area (Å²) in [5.41, 5.74) is 2.88. The molecule has 1 N–H and O–H groups in total. The van der Waals surface area contributed by atoms with E-state index in [4.69, 9.17) is 23.2 Å². The molecule has 0 unspecified atom stereocenters. The van der Waals surface area contributed by atoms with E-state index in [1.807, 2.05) is 61.5 Å². The lowest BCUT2D eigenvalue weighted by molar-refractivity contribution is 0.0701. The summed E-state index contributed by atoms with van der Waals surface area (Å²) in [5, 5.41) is 10.7. The molecule has 2 nitrogen and oxygen atoms in total. The topological polar surface area (TPSA) is 37.3 Å². The molecule has 0 fully saturated rings. The van der Waals surface area contributed by atoms with Gasteiger partial charge < -0.3 is 5.11 Å². The molecule has 2 aromatic carbocycles. The number of aryl methyl sites for hydroxylation is 1. The Hall–Kier alpha value is -1.81. The Morgan fingerprint density at radius 2 is 1.42 bits per heavy atom. The van der Waals surface area contributed by atoms with Crippen LogP contribution in [-0.4, -0.2) is 11.1 Å². The van der Waals surface area contributed by atoms with Crippen LogP contribution in [0.5, 0.6) is 0 Å². The number of hydrogen-bond acceptors (Lipinski definition) is 2. The Balaban J connectivity index is 2.14. The predicted octanol–water partition coefficient (Wildman–Crippen LogP) is 6.24. The molecule has 0 atom stereocenters. The first kappa shape index (κ1) is 17.0. The van der Waals surface area contributed by atoms with E-state index >= 15 is 0 Å². The second-order valence-electron chi connectivity index (χ2n) is 5.50. The fourth-order valence-electron chi connectivity index (χ4n) is 2.69. The summed E-state index contributed by atoms with van der Waals surface area (Å²) < 4.78 is 0. The lowest BCUT2D eigenvalue weighted by Gasteiger charge is -2.17. The maximum atomic E-state index is 11.4. The summed E-state index contributed by atoms with van der Waals surface area (Å²) in [7, 11) is 0. The predicted molar refractivity (Wildman–Crippen MR) is 99.9 cm³/mol. The largest absolute Gasteiger partial charge is 0.477 e. The number of hydrogen-bond donors (Lipinski definition) is 1. The van der Waals surface area contributed by atoms with Crippen molar-refractivity contribution in [1.82, 2.24) is 0 Å². The Bertz CT molecular complexity index is 822. The van der Waals surface area contributed by atoms with Gasteiger partial charge in [-0.3, -0.25) is 0 Å². The first-order valence-corrected chi connectivity index (χ1v) is 8.87. The van der Waals surface area contributed by atoms with Gasteiger partial charge in [0, 0.05) is 20.8 Å².